The second kappa shape index (κ2) is 6.13. The number of nitrogens with two attached hydrogens (primary N) is 2. The Bertz CT molecular complexity index is 908. The molecule has 2 aromatic rings. The Morgan fingerprint density at radius 3 is 2.60 bits per heavy atom. The van der Waals surface area contributed by atoms with Gasteiger partial charge in [-0.25, -0.2) is 9.78 Å². The van der Waals surface area contributed by atoms with Crippen molar-refractivity contribution in [3.63, 3.8) is 0 Å². The number of nitrogen functional groups attached to an aromatic ring is 1. The fourth-order valence-electron chi connectivity index (χ4n) is 2.24. The van der Waals surface area contributed by atoms with Crippen molar-refractivity contribution in [3.05, 3.63) is 54.1 Å². The van der Waals surface area contributed by atoms with E-state index in [-0.39, 0.29) is 11.4 Å². The summed E-state index contributed by atoms with van der Waals surface area (Å²) < 4.78 is -0.405. The molecule has 0 bridgehead atoms. The van der Waals surface area contributed by atoms with Gasteiger partial charge < -0.3 is 16.8 Å². The first-order valence-corrected chi connectivity index (χ1v) is 7.31. The van der Waals surface area contributed by atoms with Crippen LogP contribution in [0.3, 0.4) is 0 Å². The van der Waals surface area contributed by atoms with Gasteiger partial charge >= 0.3 is 6.03 Å². The van der Waals surface area contributed by atoms with Crippen molar-refractivity contribution in [1.82, 2.24) is 9.97 Å². The number of anilines is 2. The first-order chi connectivity index (χ1) is 11.9. The fourth-order valence-corrected chi connectivity index (χ4v) is 2.24. The molecule has 0 aliphatic carbocycles. The molecule has 126 valence electrons. The molecule has 0 saturated carbocycles. The quantitative estimate of drug-likeness (QED) is 0.722. The summed E-state index contributed by atoms with van der Waals surface area (Å²) in [6.45, 7) is 0. The molecule has 5 N–H and O–H groups in total. The average molecular weight is 338 g/mol. The van der Waals surface area contributed by atoms with E-state index < -0.39 is 16.5 Å². The Morgan fingerprint density at radius 2 is 1.96 bits per heavy atom. The minimum absolute atomic E-state index is 0.0954. The Morgan fingerprint density at radius 1 is 1.24 bits per heavy atom. The number of primary amides is 1. The number of nitrogens with zero attached hydrogens (tertiary/aromatic N) is 4. The van der Waals surface area contributed by atoms with Gasteiger partial charge in [-0.2, -0.15) is 0 Å². The highest BCUT2D eigenvalue weighted by Crippen LogP contribution is 2.24. The van der Waals surface area contributed by atoms with Gasteiger partial charge in [0.25, 0.3) is 5.91 Å². The summed E-state index contributed by atoms with van der Waals surface area (Å²) in [5.41, 5.74) is 13.2. The van der Waals surface area contributed by atoms with E-state index >= 15 is 0 Å². The molecular weight excluding hydrogens is 322 g/mol. The predicted octanol–water partition coefficient (Wildman–Crippen LogP) is 1.18. The average Bonchev–Trinajstić information content (AvgIpc) is 3.00. The van der Waals surface area contributed by atoms with Crippen LogP contribution in [0.15, 0.2) is 48.1 Å². The molecule has 2 aromatic heterocycles. The maximum atomic E-state index is 12.5. The van der Waals surface area contributed by atoms with Gasteiger partial charge in [0.2, 0.25) is 0 Å². The molecule has 25 heavy (non-hydrogen) atoms. The summed E-state index contributed by atoms with van der Waals surface area (Å²) in [4.78, 5) is 31.9. The van der Waals surface area contributed by atoms with Crippen LogP contribution in [0.25, 0.3) is 5.57 Å². The summed E-state index contributed by atoms with van der Waals surface area (Å²) in [7, 11) is 1.55. The Labute approximate surface area is 143 Å². The van der Waals surface area contributed by atoms with Crippen LogP contribution >= 0.6 is 0 Å². The number of allylic oxidation sites excluding steroid dienone is 1. The van der Waals surface area contributed by atoms with Crippen molar-refractivity contribution >= 4 is 35.2 Å². The van der Waals surface area contributed by atoms with E-state index in [2.05, 4.69) is 20.4 Å². The largest absolute Gasteiger partial charge is 0.445 e. The van der Waals surface area contributed by atoms with Gasteiger partial charge in [-0.05, 0) is 18.2 Å². The number of aromatic nitrogens is 2. The van der Waals surface area contributed by atoms with E-state index in [0.29, 0.717) is 16.8 Å². The molecule has 1 atom stereocenters. The summed E-state index contributed by atoms with van der Waals surface area (Å²) in [6, 6.07) is 4.29. The van der Waals surface area contributed by atoms with Crippen LogP contribution < -0.4 is 16.8 Å². The monoisotopic (exact) mass is 338 g/mol. The zero-order chi connectivity index (χ0) is 18.0. The molecule has 0 spiro atoms. The van der Waals surface area contributed by atoms with Crippen molar-refractivity contribution in [2.75, 3.05) is 18.1 Å². The van der Waals surface area contributed by atoms with Gasteiger partial charge in [0.1, 0.15) is 19.1 Å². The molecular formula is C16H16N7O2+. The van der Waals surface area contributed by atoms with Gasteiger partial charge in [0.15, 0.2) is 0 Å². The van der Waals surface area contributed by atoms with Crippen LogP contribution in [-0.2, 0) is 0 Å². The molecule has 0 saturated heterocycles. The zero-order valence-electron chi connectivity index (χ0n) is 13.4. The van der Waals surface area contributed by atoms with E-state index in [1.165, 1.54) is 12.4 Å². The highest BCUT2D eigenvalue weighted by Gasteiger charge is 2.32. The van der Waals surface area contributed by atoms with Crippen molar-refractivity contribution in [2.24, 2.45) is 10.8 Å². The lowest BCUT2D eigenvalue weighted by atomic mass is 10.1. The molecule has 1 unspecified atom stereocenters. The van der Waals surface area contributed by atoms with Crippen LogP contribution in [-0.4, -0.2) is 39.8 Å². The molecule has 3 rings (SSSR count). The number of carbonyl (C=O) groups is 2. The van der Waals surface area contributed by atoms with Gasteiger partial charge in [-0.3, -0.25) is 9.78 Å². The third kappa shape index (κ3) is 3.21. The number of amides is 3. The number of hydrogen-bond acceptors (Lipinski definition) is 6. The molecule has 3 heterocycles. The Hall–Kier alpha value is -3.59. The van der Waals surface area contributed by atoms with E-state index in [9.17, 15) is 9.59 Å². The molecule has 1 aliphatic rings. The molecule has 9 heteroatoms. The third-order valence-electron chi connectivity index (χ3n) is 3.71. The number of rotatable bonds is 3. The van der Waals surface area contributed by atoms with Crippen molar-refractivity contribution in [1.29, 1.82) is 0 Å². The van der Waals surface area contributed by atoms with Crippen LogP contribution in [0.1, 0.15) is 15.9 Å². The SMILES string of the molecule is C[N+]1(C(N)=O)C=C(c2cnc(N)c(C(=O)Nc3ccncc3)c2)C=N1. The van der Waals surface area contributed by atoms with Crippen molar-refractivity contribution in [2.45, 2.75) is 0 Å². The smallest absolute Gasteiger partial charge is 0.383 e. The molecule has 1 aliphatic heterocycles. The topological polar surface area (TPSA) is 136 Å². The van der Waals surface area contributed by atoms with Gasteiger partial charge in [-0.1, -0.05) is 9.69 Å². The maximum Gasteiger partial charge on any atom is 0.445 e. The lowest BCUT2D eigenvalue weighted by molar-refractivity contribution is -0.778. The fraction of sp³-hybridized carbons (Fsp3) is 0.0625. The van der Waals surface area contributed by atoms with Crippen LogP contribution in [0.2, 0.25) is 0 Å². The minimum atomic E-state index is -0.620. The summed E-state index contributed by atoms with van der Waals surface area (Å²) in [5.74, 6) is -0.307. The highest BCUT2D eigenvalue weighted by atomic mass is 16.2. The number of nitrogens with one attached hydrogen (secondary N) is 1. The maximum absolute atomic E-state index is 12.5. The molecule has 0 aromatic carbocycles. The Kier molecular flexibility index (Phi) is 3.99. The first kappa shape index (κ1) is 16.3. The normalized spacial score (nSPS) is 18.7. The van der Waals surface area contributed by atoms with E-state index in [4.69, 9.17) is 11.5 Å². The van der Waals surface area contributed by atoms with E-state index in [1.54, 1.807) is 43.8 Å². The van der Waals surface area contributed by atoms with Gasteiger partial charge in [0, 0.05) is 29.8 Å². The number of pyridine rings is 2. The summed E-state index contributed by atoms with van der Waals surface area (Å²) >= 11 is 0. The predicted molar refractivity (Wildman–Crippen MR) is 93.1 cm³/mol. The number of quaternary nitrogens is 1. The Balaban J connectivity index is 1.91. The lowest BCUT2D eigenvalue weighted by Gasteiger charge is -2.13. The van der Waals surface area contributed by atoms with Crippen LogP contribution in [0.4, 0.5) is 16.3 Å². The van der Waals surface area contributed by atoms with Crippen molar-refractivity contribution < 1.29 is 14.2 Å². The zero-order valence-corrected chi connectivity index (χ0v) is 13.4. The van der Waals surface area contributed by atoms with Gasteiger partial charge in [-0.15, -0.1) is 0 Å². The second-order valence-corrected chi connectivity index (χ2v) is 5.54. The van der Waals surface area contributed by atoms with E-state index in [1.807, 2.05) is 0 Å². The third-order valence-corrected chi connectivity index (χ3v) is 3.71. The standard InChI is InChI=1S/C16H15N7O2/c1-23(16(18)25)9-11(8-21-23)10-6-13(14(17)20-7-10)15(24)22-12-2-4-19-5-3-12/h2-9H,1H3,(H4-,17,18,19,20,22,24,25)/p+1. The van der Waals surface area contributed by atoms with E-state index in [0.717, 1.165) is 0 Å². The summed E-state index contributed by atoms with van der Waals surface area (Å²) in [5, 5.41) is 6.79. The lowest BCUT2D eigenvalue weighted by Crippen LogP contribution is -2.41. The van der Waals surface area contributed by atoms with Crippen LogP contribution in [0.5, 0.6) is 0 Å². The molecule has 0 fully saturated rings. The number of urea groups is 1. The highest BCUT2D eigenvalue weighted by molar-refractivity contribution is 6.12. The number of carbonyl (C=O) groups excluding carboxylic acids is 2. The molecule has 0 radical (unpaired) electrons. The van der Waals surface area contributed by atoms with Gasteiger partial charge in [0.05, 0.1) is 17.4 Å². The molecule has 3 amide bonds. The minimum Gasteiger partial charge on any atom is -0.383 e. The van der Waals surface area contributed by atoms with Crippen LogP contribution in [0, 0.1) is 0 Å². The number of hydrogen-bond donors (Lipinski definition) is 3. The first-order valence-electron chi connectivity index (χ1n) is 7.31. The second-order valence-electron chi connectivity index (χ2n) is 5.54. The molecule has 9 nitrogen and oxygen atoms in total. The van der Waals surface area contributed by atoms with Crippen molar-refractivity contribution in [3.8, 4) is 0 Å². The summed E-state index contributed by atoms with van der Waals surface area (Å²) in [6.07, 6.45) is 7.71.